The summed E-state index contributed by atoms with van der Waals surface area (Å²) in [5.74, 6) is -7.39. The highest BCUT2D eigenvalue weighted by Crippen LogP contribution is 2.65. The van der Waals surface area contributed by atoms with Crippen LogP contribution in [0.3, 0.4) is 0 Å². The van der Waals surface area contributed by atoms with Crippen LogP contribution >= 0.6 is 0 Å². The first-order chi connectivity index (χ1) is 36.1. The van der Waals surface area contributed by atoms with Gasteiger partial charge in [-0.3, -0.25) is 4.79 Å². The van der Waals surface area contributed by atoms with Gasteiger partial charge in [-0.25, -0.2) is 0 Å². The molecule has 0 amide bonds. The average Bonchev–Trinajstić information content (AvgIpc) is 3.98. The maximum Gasteiger partial charge on any atom is 0.173 e. The monoisotopic (exact) mass is 1010 g/mol. The van der Waals surface area contributed by atoms with Crippen LogP contribution in [0.4, 0.5) is 0 Å². The Balaban J connectivity index is 1.14. The molecular weight excluding hydrogens is 961 g/mol. The maximum atomic E-state index is 15.2. The van der Waals surface area contributed by atoms with Gasteiger partial charge in [-0.05, 0) is 114 Å². The highest BCUT2D eigenvalue weighted by atomic mass is 16.5. The zero-order valence-electron chi connectivity index (χ0n) is 39.6. The van der Waals surface area contributed by atoms with E-state index in [1.165, 1.54) is 91.0 Å². The fraction of sp³-hybridized carbons (Fsp3) is 0.183. The Morgan fingerprint density at radius 2 is 0.907 bits per heavy atom. The van der Waals surface area contributed by atoms with Gasteiger partial charge in [0.2, 0.25) is 0 Å². The number of Topliss-reactive ketones (excluding diaryl/α,β-unsaturated/α-hetero) is 1. The van der Waals surface area contributed by atoms with Gasteiger partial charge in [0.1, 0.15) is 75.1 Å². The number of carbonyl (C=O) groups excluding carboxylic acids is 1. The molecule has 2 saturated heterocycles. The van der Waals surface area contributed by atoms with E-state index in [1.54, 1.807) is 60.7 Å². The number of carbonyl (C=O) groups is 1. The number of hydrogen-bond acceptors (Lipinski definition) is 15. The Morgan fingerprint density at radius 3 is 1.51 bits per heavy atom. The van der Waals surface area contributed by atoms with Crippen molar-refractivity contribution in [1.82, 2.24) is 0 Å². The van der Waals surface area contributed by atoms with Crippen molar-refractivity contribution >= 4 is 5.78 Å². The quantitative estimate of drug-likeness (QED) is 0.0538. The molecule has 0 saturated carbocycles. The van der Waals surface area contributed by atoms with Gasteiger partial charge in [-0.15, -0.1) is 0 Å². The smallest absolute Gasteiger partial charge is 0.173 e. The van der Waals surface area contributed by atoms with Gasteiger partial charge in [-0.1, -0.05) is 54.6 Å². The Morgan fingerprint density at radius 1 is 0.413 bits per heavy atom. The summed E-state index contributed by atoms with van der Waals surface area (Å²) in [4.78, 5) is 15.2. The van der Waals surface area contributed by atoms with E-state index in [2.05, 4.69) is 0 Å². The number of aromatic hydroxyl groups is 11. The lowest BCUT2D eigenvalue weighted by molar-refractivity contribution is -0.00737. The highest BCUT2D eigenvalue weighted by Gasteiger charge is 2.58. The van der Waals surface area contributed by atoms with Gasteiger partial charge < -0.3 is 70.4 Å². The van der Waals surface area contributed by atoms with Crippen molar-refractivity contribution < 1.29 is 75.2 Å². The van der Waals surface area contributed by atoms with Crippen molar-refractivity contribution in [2.45, 2.75) is 42.9 Å². The summed E-state index contributed by atoms with van der Waals surface area (Å²) >= 11 is 0. The number of phenols is 11. The van der Waals surface area contributed by atoms with E-state index in [0.717, 1.165) is 12.1 Å². The lowest BCUT2D eigenvalue weighted by Gasteiger charge is -2.40. The first-order valence-electron chi connectivity index (χ1n) is 24.2. The second-order valence-corrected chi connectivity index (χ2v) is 19.5. The second-order valence-electron chi connectivity index (χ2n) is 19.5. The van der Waals surface area contributed by atoms with Crippen molar-refractivity contribution in [1.29, 1.82) is 0 Å². The van der Waals surface area contributed by atoms with Crippen LogP contribution in [0.15, 0.2) is 164 Å². The van der Waals surface area contributed by atoms with E-state index in [-0.39, 0.29) is 74.7 Å². The molecule has 0 aliphatic carbocycles. The Hall–Kier alpha value is -9.05. The fourth-order valence-corrected chi connectivity index (χ4v) is 11.6. The van der Waals surface area contributed by atoms with Crippen LogP contribution < -0.4 is 4.74 Å². The number of ketones is 1. The molecule has 0 bridgehead atoms. The molecule has 11 N–H and O–H groups in total. The van der Waals surface area contributed by atoms with E-state index in [9.17, 15) is 56.2 Å². The van der Waals surface area contributed by atoms with E-state index in [4.69, 9.17) is 14.2 Å². The van der Waals surface area contributed by atoms with Crippen LogP contribution in [0, 0.1) is 23.7 Å². The van der Waals surface area contributed by atoms with E-state index < -0.39 is 83.1 Å². The number of fused-ring (bicyclic) bond motifs is 3. The number of rotatable bonds is 11. The lowest BCUT2D eigenvalue weighted by Crippen LogP contribution is -2.34. The molecule has 0 unspecified atom stereocenters. The maximum absolute atomic E-state index is 15.2. The number of ether oxygens (including phenoxy) is 3. The molecule has 0 radical (unpaired) electrons. The molecule has 75 heavy (non-hydrogen) atoms. The fourth-order valence-electron chi connectivity index (χ4n) is 11.6. The van der Waals surface area contributed by atoms with Gasteiger partial charge in [0.15, 0.2) is 5.78 Å². The van der Waals surface area contributed by atoms with Gasteiger partial charge in [0, 0.05) is 70.2 Å². The molecule has 0 aromatic heterocycles. The molecule has 380 valence electrons. The van der Waals surface area contributed by atoms with E-state index in [0.29, 0.717) is 33.6 Å². The largest absolute Gasteiger partial charge is 0.508 e. The number of phenolic OH excluding ortho intramolecular Hbond substituents is 11. The third-order valence-corrected chi connectivity index (χ3v) is 15.0. The molecule has 3 heterocycles. The third kappa shape index (κ3) is 8.91. The van der Waals surface area contributed by atoms with E-state index >= 15 is 4.79 Å². The predicted octanol–water partition coefficient (Wildman–Crippen LogP) is 10.6. The van der Waals surface area contributed by atoms with Gasteiger partial charge in [0.05, 0.1) is 35.9 Å². The molecule has 8 aromatic carbocycles. The van der Waals surface area contributed by atoms with Crippen molar-refractivity contribution in [3.05, 3.63) is 214 Å². The summed E-state index contributed by atoms with van der Waals surface area (Å²) in [6.07, 6.45) is -4.82. The van der Waals surface area contributed by atoms with Crippen LogP contribution in [0.5, 0.6) is 69.0 Å². The topological polar surface area (TPSA) is 267 Å². The SMILES string of the molecule is O=C(c1ccc(O)cc1O)[C@@H]1[C@@H](Cc2ccc(O)cc2)[C@H](c2cc([C@@H](c3ccc(O)cc3O)[C@@H]3[C@@H]4[C@H](O[C@H]3c3ccc(O)cc3)c3ccc(O)cc3O[C@H]4c3ccc(O)cc3)c(O)cc2O)O[C@H]1c1ccc(O)cc1. The molecule has 11 rings (SSSR count). The lowest BCUT2D eigenvalue weighted by atomic mass is 9.66. The first kappa shape index (κ1) is 48.2. The molecular formula is C60H50O15. The number of hydrogen-bond donors (Lipinski definition) is 11. The minimum absolute atomic E-state index is 0.00640. The van der Waals surface area contributed by atoms with Gasteiger partial charge in [-0.2, -0.15) is 0 Å². The summed E-state index contributed by atoms with van der Waals surface area (Å²) < 4.78 is 21.1. The zero-order chi connectivity index (χ0) is 52.4. The average molecular weight is 1010 g/mol. The molecule has 3 aliphatic rings. The normalized spacial score (nSPS) is 23.2. The summed E-state index contributed by atoms with van der Waals surface area (Å²) in [5, 5.41) is 121. The van der Waals surface area contributed by atoms with Crippen molar-refractivity contribution in [3.8, 4) is 69.0 Å². The zero-order valence-corrected chi connectivity index (χ0v) is 39.6. The molecule has 15 nitrogen and oxygen atoms in total. The third-order valence-electron chi connectivity index (χ3n) is 15.0. The molecule has 3 aliphatic heterocycles. The Kier molecular flexibility index (Phi) is 12.3. The second kappa shape index (κ2) is 19.1. The highest BCUT2D eigenvalue weighted by molar-refractivity contribution is 6.01. The van der Waals surface area contributed by atoms with Crippen molar-refractivity contribution in [3.63, 3.8) is 0 Å². The predicted molar refractivity (Wildman–Crippen MR) is 270 cm³/mol. The summed E-state index contributed by atoms with van der Waals surface area (Å²) in [6, 6.07) is 40.4. The molecule has 15 heteroatoms. The first-order valence-corrected chi connectivity index (χ1v) is 24.2. The van der Waals surface area contributed by atoms with E-state index in [1.807, 2.05) is 0 Å². The van der Waals surface area contributed by atoms with Crippen molar-refractivity contribution in [2.24, 2.45) is 23.7 Å². The molecule has 2 fully saturated rings. The van der Waals surface area contributed by atoms with Gasteiger partial charge in [0.25, 0.3) is 0 Å². The Bertz CT molecular complexity index is 3430. The Labute approximate surface area is 428 Å². The van der Waals surface area contributed by atoms with Crippen molar-refractivity contribution in [2.75, 3.05) is 0 Å². The molecule has 10 atom stereocenters. The molecule has 8 aromatic rings. The molecule has 0 spiro atoms. The summed E-state index contributed by atoms with van der Waals surface area (Å²) in [6.45, 7) is 0. The number of benzene rings is 8. The van der Waals surface area contributed by atoms with Crippen LogP contribution in [0.25, 0.3) is 0 Å². The minimum Gasteiger partial charge on any atom is -0.508 e. The van der Waals surface area contributed by atoms with Gasteiger partial charge >= 0.3 is 0 Å². The minimum atomic E-state index is -1.19. The van der Waals surface area contributed by atoms with Crippen LogP contribution in [0.1, 0.15) is 91.3 Å². The summed E-state index contributed by atoms with van der Waals surface area (Å²) in [5.41, 5.74) is 3.23. The standard InChI is InChI=1S/C60H50O15/c61-33-9-1-29(2-10-33)23-45-52(55(72)41-21-18-38(66)25-47(41)69)56(30-3-11-34(62)12-4-30)74-59(45)44-27-43(48(70)28-49(44)71)51(40-20-17-37(65)24-46(40)68)53-54-58(32-7-15-36(64)16-8-32)73-50-26-39(67)19-22-42(50)60(54)75-57(53)31-5-13-35(63)14-6-31/h1-22,24-28,45,51-54,56-71H,23H2/t45-,51-,52+,53-,54+,56+,57+,58+,59+,60-/m1/s1. The van der Waals surface area contributed by atoms with Crippen LogP contribution in [-0.2, 0) is 15.9 Å². The summed E-state index contributed by atoms with van der Waals surface area (Å²) in [7, 11) is 0. The van der Waals surface area contributed by atoms with Crippen LogP contribution in [-0.4, -0.2) is 62.0 Å². The van der Waals surface area contributed by atoms with Crippen LogP contribution in [0.2, 0.25) is 0 Å².